The second-order valence-electron chi connectivity index (χ2n) is 3.98. The predicted molar refractivity (Wildman–Crippen MR) is 74.1 cm³/mol. The Balaban J connectivity index is 1.96. The van der Waals surface area contributed by atoms with Gasteiger partial charge >= 0.3 is 5.97 Å². The number of carboxylic acid groups (broad SMARTS) is 1. The summed E-state index contributed by atoms with van der Waals surface area (Å²) < 4.78 is 0. The molecule has 1 aromatic heterocycles. The molecule has 0 saturated carbocycles. The van der Waals surface area contributed by atoms with E-state index in [4.69, 9.17) is 10.4 Å². The third-order valence-corrected chi connectivity index (χ3v) is 3.59. The van der Waals surface area contributed by atoms with E-state index in [1.165, 1.54) is 11.3 Å². The molecule has 0 atom stereocenters. The van der Waals surface area contributed by atoms with Crippen molar-refractivity contribution < 1.29 is 9.90 Å². The number of nitrogens with one attached hydrogen (secondary N) is 1. The summed E-state index contributed by atoms with van der Waals surface area (Å²) in [5, 5.41) is 20.7. The first-order valence-corrected chi connectivity index (χ1v) is 6.52. The van der Waals surface area contributed by atoms with Crippen LogP contribution in [0.25, 0.3) is 0 Å². The normalized spacial score (nSPS) is 9.84. The standard InChI is InChI=1S/C14H12N2O2S/c15-8-10-2-1-3-11(6-10)16-9-13-5-4-12(19-13)7-14(17)18/h1-6,16H,7,9H2,(H,17,18). The van der Waals surface area contributed by atoms with Crippen LogP contribution in [0.4, 0.5) is 5.69 Å². The molecule has 0 bridgehead atoms. The Morgan fingerprint density at radius 1 is 1.32 bits per heavy atom. The van der Waals surface area contributed by atoms with Gasteiger partial charge in [-0.1, -0.05) is 6.07 Å². The van der Waals surface area contributed by atoms with Crippen molar-refractivity contribution in [3.8, 4) is 6.07 Å². The molecule has 0 unspecified atom stereocenters. The van der Waals surface area contributed by atoms with Gasteiger partial charge in [0.2, 0.25) is 0 Å². The third-order valence-electron chi connectivity index (χ3n) is 2.50. The maximum Gasteiger partial charge on any atom is 0.308 e. The zero-order valence-corrected chi connectivity index (χ0v) is 10.9. The van der Waals surface area contributed by atoms with E-state index in [1.54, 1.807) is 12.1 Å². The van der Waals surface area contributed by atoms with Crippen LogP contribution in [-0.2, 0) is 17.8 Å². The van der Waals surface area contributed by atoms with E-state index in [9.17, 15) is 4.79 Å². The molecule has 96 valence electrons. The summed E-state index contributed by atoms with van der Waals surface area (Å²) >= 11 is 1.48. The van der Waals surface area contributed by atoms with Crippen LogP contribution >= 0.6 is 11.3 Å². The van der Waals surface area contributed by atoms with Crippen molar-refractivity contribution >= 4 is 23.0 Å². The molecule has 0 spiro atoms. The molecule has 19 heavy (non-hydrogen) atoms. The number of aliphatic carboxylic acids is 1. The van der Waals surface area contributed by atoms with Gasteiger partial charge in [0, 0.05) is 22.0 Å². The maximum absolute atomic E-state index is 10.6. The SMILES string of the molecule is N#Cc1cccc(NCc2ccc(CC(=O)O)s2)c1. The van der Waals surface area contributed by atoms with E-state index in [0.29, 0.717) is 12.1 Å². The number of nitrogens with zero attached hydrogens (tertiary/aromatic N) is 1. The van der Waals surface area contributed by atoms with Gasteiger partial charge in [0.05, 0.1) is 18.1 Å². The van der Waals surface area contributed by atoms with Crippen molar-refractivity contribution in [2.75, 3.05) is 5.32 Å². The van der Waals surface area contributed by atoms with E-state index in [0.717, 1.165) is 15.4 Å². The number of benzene rings is 1. The summed E-state index contributed by atoms with van der Waals surface area (Å²) in [5.74, 6) is -0.817. The molecule has 0 fully saturated rings. The van der Waals surface area contributed by atoms with Gasteiger partial charge in [-0.2, -0.15) is 5.26 Å². The number of anilines is 1. The minimum Gasteiger partial charge on any atom is -0.481 e. The maximum atomic E-state index is 10.6. The van der Waals surface area contributed by atoms with Gasteiger partial charge in [-0.05, 0) is 30.3 Å². The molecule has 0 amide bonds. The first-order valence-electron chi connectivity index (χ1n) is 5.71. The van der Waals surface area contributed by atoms with Crippen molar-refractivity contribution in [2.24, 2.45) is 0 Å². The Morgan fingerprint density at radius 2 is 2.11 bits per heavy atom. The molecule has 0 radical (unpaired) electrons. The smallest absolute Gasteiger partial charge is 0.308 e. The van der Waals surface area contributed by atoms with Gasteiger partial charge < -0.3 is 10.4 Å². The van der Waals surface area contributed by atoms with Crippen LogP contribution in [0.15, 0.2) is 36.4 Å². The molecular weight excluding hydrogens is 260 g/mol. The number of nitriles is 1. The van der Waals surface area contributed by atoms with E-state index in [-0.39, 0.29) is 6.42 Å². The molecule has 0 aliphatic heterocycles. The molecule has 0 aliphatic rings. The molecule has 5 heteroatoms. The fourth-order valence-electron chi connectivity index (χ4n) is 1.65. The molecule has 2 N–H and O–H groups in total. The summed E-state index contributed by atoms with van der Waals surface area (Å²) in [6, 6.07) is 13.1. The average Bonchev–Trinajstić information content (AvgIpc) is 2.83. The number of rotatable bonds is 5. The zero-order chi connectivity index (χ0) is 13.7. The first kappa shape index (κ1) is 13.1. The predicted octanol–water partition coefficient (Wildman–Crippen LogP) is 2.86. The number of hydrogen-bond acceptors (Lipinski definition) is 4. The Bertz CT molecular complexity index is 628. The fourth-order valence-corrected chi connectivity index (χ4v) is 2.60. The lowest BCUT2D eigenvalue weighted by molar-refractivity contribution is -0.136. The van der Waals surface area contributed by atoms with Crippen LogP contribution in [0.1, 0.15) is 15.3 Å². The lowest BCUT2D eigenvalue weighted by Crippen LogP contribution is -1.98. The van der Waals surface area contributed by atoms with Crippen molar-refractivity contribution in [1.29, 1.82) is 5.26 Å². The van der Waals surface area contributed by atoms with Crippen molar-refractivity contribution in [2.45, 2.75) is 13.0 Å². The minimum absolute atomic E-state index is 0.0641. The Labute approximate surface area is 114 Å². The molecule has 0 aliphatic carbocycles. The summed E-state index contributed by atoms with van der Waals surface area (Å²) in [6.07, 6.45) is 0.0641. The van der Waals surface area contributed by atoms with Crippen molar-refractivity contribution in [1.82, 2.24) is 0 Å². The summed E-state index contributed by atoms with van der Waals surface area (Å²) in [7, 11) is 0. The molecule has 2 aromatic rings. The highest BCUT2D eigenvalue weighted by Crippen LogP contribution is 2.19. The summed E-state index contributed by atoms with van der Waals surface area (Å²) in [6.45, 7) is 0.624. The van der Waals surface area contributed by atoms with Gasteiger partial charge in [0.15, 0.2) is 0 Å². The van der Waals surface area contributed by atoms with E-state index in [1.807, 2.05) is 24.3 Å². The van der Waals surface area contributed by atoms with Gasteiger partial charge in [0.25, 0.3) is 0 Å². The Kier molecular flexibility index (Phi) is 4.16. The summed E-state index contributed by atoms with van der Waals surface area (Å²) in [4.78, 5) is 12.5. The molecule has 1 heterocycles. The van der Waals surface area contributed by atoms with Crippen LogP contribution in [0, 0.1) is 11.3 Å². The molecule has 4 nitrogen and oxygen atoms in total. The fraction of sp³-hybridized carbons (Fsp3) is 0.143. The highest BCUT2D eigenvalue weighted by atomic mass is 32.1. The topological polar surface area (TPSA) is 73.1 Å². The number of hydrogen-bond donors (Lipinski definition) is 2. The van der Waals surface area contributed by atoms with Gasteiger partial charge in [0.1, 0.15) is 0 Å². The monoisotopic (exact) mass is 272 g/mol. The van der Waals surface area contributed by atoms with Crippen LogP contribution in [0.3, 0.4) is 0 Å². The second-order valence-corrected chi connectivity index (χ2v) is 5.24. The Hall–Kier alpha value is -2.32. The van der Waals surface area contributed by atoms with E-state index < -0.39 is 5.97 Å². The van der Waals surface area contributed by atoms with E-state index >= 15 is 0 Å². The lowest BCUT2D eigenvalue weighted by Gasteiger charge is -2.04. The first-order chi connectivity index (χ1) is 9.17. The van der Waals surface area contributed by atoms with Crippen LogP contribution in [-0.4, -0.2) is 11.1 Å². The minimum atomic E-state index is -0.817. The number of carbonyl (C=O) groups is 1. The van der Waals surface area contributed by atoms with E-state index in [2.05, 4.69) is 11.4 Å². The largest absolute Gasteiger partial charge is 0.481 e. The average molecular weight is 272 g/mol. The van der Waals surface area contributed by atoms with Crippen LogP contribution < -0.4 is 5.32 Å². The van der Waals surface area contributed by atoms with Crippen LogP contribution in [0.2, 0.25) is 0 Å². The quantitative estimate of drug-likeness (QED) is 0.877. The van der Waals surface area contributed by atoms with Gasteiger partial charge in [-0.15, -0.1) is 11.3 Å². The number of carboxylic acids is 1. The molecular formula is C14H12N2O2S. The Morgan fingerprint density at radius 3 is 2.84 bits per heavy atom. The number of thiophene rings is 1. The zero-order valence-electron chi connectivity index (χ0n) is 10.1. The lowest BCUT2D eigenvalue weighted by atomic mass is 10.2. The molecule has 1 aromatic carbocycles. The molecule has 2 rings (SSSR count). The highest BCUT2D eigenvalue weighted by Gasteiger charge is 2.04. The van der Waals surface area contributed by atoms with Gasteiger partial charge in [-0.25, -0.2) is 0 Å². The van der Waals surface area contributed by atoms with Gasteiger partial charge in [-0.3, -0.25) is 4.79 Å². The van der Waals surface area contributed by atoms with Crippen LogP contribution in [0.5, 0.6) is 0 Å². The third kappa shape index (κ3) is 3.83. The van der Waals surface area contributed by atoms with Crippen molar-refractivity contribution in [3.05, 3.63) is 51.7 Å². The summed E-state index contributed by atoms with van der Waals surface area (Å²) in [5.41, 5.74) is 1.50. The molecule has 0 saturated heterocycles. The highest BCUT2D eigenvalue weighted by molar-refractivity contribution is 7.12. The second kappa shape index (κ2) is 6.03. The van der Waals surface area contributed by atoms with Crippen molar-refractivity contribution in [3.63, 3.8) is 0 Å².